The number of thiazole rings is 1. The summed E-state index contributed by atoms with van der Waals surface area (Å²) in [5, 5.41) is 5.90. The molecule has 3 rings (SSSR count). The molecule has 150 valence electrons. The number of carbonyl (C=O) groups is 1. The predicted molar refractivity (Wildman–Crippen MR) is 100 cm³/mol. The number of nitrogens with zero attached hydrogens (tertiary/aromatic N) is 2. The van der Waals surface area contributed by atoms with E-state index in [1.165, 1.54) is 31.3 Å². The second-order valence-corrected chi connectivity index (χ2v) is 8.55. The number of sulfonamides is 1. The Bertz CT molecular complexity index is 969. The van der Waals surface area contributed by atoms with Crippen LogP contribution in [0.25, 0.3) is 0 Å². The van der Waals surface area contributed by atoms with Gasteiger partial charge in [-0.1, -0.05) is 28.6 Å². The van der Waals surface area contributed by atoms with Gasteiger partial charge in [-0.15, -0.1) is 0 Å². The Morgan fingerprint density at radius 2 is 2.14 bits per heavy atom. The molecule has 2 aromatic rings. The number of amides is 1. The second kappa shape index (κ2) is 8.73. The van der Waals surface area contributed by atoms with Crippen molar-refractivity contribution in [2.24, 2.45) is 5.16 Å². The van der Waals surface area contributed by atoms with Crippen molar-refractivity contribution < 1.29 is 27.2 Å². The molecule has 1 aromatic heterocycles. The van der Waals surface area contributed by atoms with E-state index in [0.717, 1.165) is 6.20 Å². The first-order chi connectivity index (χ1) is 13.4. The Hall–Kier alpha value is -2.41. The van der Waals surface area contributed by atoms with Gasteiger partial charge in [-0.2, -0.15) is 4.39 Å². The van der Waals surface area contributed by atoms with E-state index < -0.39 is 21.1 Å². The quantitative estimate of drug-likeness (QED) is 0.507. The molecule has 2 N–H and O–H groups in total. The largest absolute Gasteiger partial charge is 0.389 e. The van der Waals surface area contributed by atoms with Crippen molar-refractivity contribution in [3.8, 4) is 0 Å². The summed E-state index contributed by atoms with van der Waals surface area (Å²) in [7, 11) is -2.32. The predicted octanol–water partition coefficient (Wildman–Crippen LogP) is 1.34. The van der Waals surface area contributed by atoms with Crippen LogP contribution < -0.4 is 10.0 Å². The van der Waals surface area contributed by atoms with Crippen LogP contribution in [0.15, 0.2) is 40.5 Å². The van der Waals surface area contributed by atoms with Gasteiger partial charge in [-0.25, -0.2) is 18.1 Å². The molecule has 1 atom stereocenters. The minimum atomic E-state index is -3.62. The number of nitrogens with one attached hydrogen (secondary N) is 2. The summed E-state index contributed by atoms with van der Waals surface area (Å²) in [5.74, 6) is -0.669. The molecule has 9 nitrogen and oxygen atoms in total. The first-order valence-corrected chi connectivity index (χ1v) is 10.5. The molecular formula is C16H17FN4O5S2. The molecule has 0 unspecified atom stereocenters. The van der Waals surface area contributed by atoms with Crippen LogP contribution >= 0.6 is 11.3 Å². The summed E-state index contributed by atoms with van der Waals surface area (Å²) < 4.78 is 44.2. The molecule has 2 heterocycles. The van der Waals surface area contributed by atoms with Crippen LogP contribution in [-0.4, -0.2) is 51.4 Å². The third-order valence-electron chi connectivity index (χ3n) is 3.80. The van der Waals surface area contributed by atoms with Gasteiger partial charge in [-0.05, 0) is 19.2 Å². The number of benzene rings is 1. The first-order valence-electron chi connectivity index (χ1n) is 8.17. The van der Waals surface area contributed by atoms with Gasteiger partial charge < -0.3 is 9.57 Å². The zero-order valence-corrected chi connectivity index (χ0v) is 16.3. The first kappa shape index (κ1) is 20.3. The maximum Gasteiger partial charge on any atom is 0.280 e. The molecule has 0 radical (unpaired) electrons. The standard InChI is InChI=1S/C16H17FN4O5S2/c1-18-28(23,24)12-4-2-10(3-5-12)14(21-26-11-6-7-25-9-11)15(22)20-16-19-8-13(17)27-16/h2-5,8,11,18H,6-7,9H2,1H3,(H,19,20,22)/b21-14+/t11-/m1/s1. The van der Waals surface area contributed by atoms with Crippen molar-refractivity contribution in [1.82, 2.24) is 9.71 Å². The topological polar surface area (TPSA) is 119 Å². The second-order valence-electron chi connectivity index (χ2n) is 5.69. The van der Waals surface area contributed by atoms with Gasteiger partial charge in [0.1, 0.15) is 0 Å². The van der Waals surface area contributed by atoms with Crippen molar-refractivity contribution in [2.75, 3.05) is 25.6 Å². The molecule has 28 heavy (non-hydrogen) atoms. The van der Waals surface area contributed by atoms with E-state index in [1.54, 1.807) is 0 Å². The number of rotatable bonds is 7. The fraction of sp³-hybridized carbons (Fsp3) is 0.312. The minimum absolute atomic E-state index is 0.0330. The molecule has 0 spiro atoms. The molecule has 1 fully saturated rings. The van der Waals surface area contributed by atoms with E-state index in [9.17, 15) is 17.6 Å². The monoisotopic (exact) mass is 428 g/mol. The zero-order chi connectivity index (χ0) is 20.1. The Morgan fingerprint density at radius 1 is 1.39 bits per heavy atom. The Labute approximate surface area is 164 Å². The van der Waals surface area contributed by atoms with E-state index in [4.69, 9.17) is 9.57 Å². The number of ether oxygens (including phenoxy) is 1. The van der Waals surface area contributed by atoms with Crippen molar-refractivity contribution >= 4 is 38.1 Å². The summed E-state index contributed by atoms with van der Waals surface area (Å²) in [6, 6.07) is 5.54. The number of anilines is 1. The van der Waals surface area contributed by atoms with Crippen LogP contribution in [0.1, 0.15) is 12.0 Å². The smallest absolute Gasteiger partial charge is 0.280 e. The van der Waals surface area contributed by atoms with E-state index in [2.05, 4.69) is 20.2 Å². The molecule has 0 bridgehead atoms. The SMILES string of the molecule is CNS(=O)(=O)c1ccc(/C(=N\O[C@@H]2CCOC2)C(=O)Nc2ncc(F)s2)cc1. The summed E-state index contributed by atoms with van der Waals surface area (Å²) in [4.78, 5) is 21.8. The molecule has 1 saturated heterocycles. The highest BCUT2D eigenvalue weighted by Crippen LogP contribution is 2.18. The Kier molecular flexibility index (Phi) is 6.34. The maximum absolute atomic E-state index is 13.1. The van der Waals surface area contributed by atoms with Gasteiger partial charge in [0.05, 0.1) is 24.3 Å². The van der Waals surface area contributed by atoms with E-state index in [1.807, 2.05) is 0 Å². The van der Waals surface area contributed by atoms with Gasteiger partial charge >= 0.3 is 0 Å². The van der Waals surface area contributed by atoms with Gasteiger partial charge in [0.2, 0.25) is 10.0 Å². The van der Waals surface area contributed by atoms with Crippen molar-refractivity contribution in [1.29, 1.82) is 0 Å². The highest BCUT2D eigenvalue weighted by Gasteiger charge is 2.22. The van der Waals surface area contributed by atoms with Crippen molar-refractivity contribution in [3.05, 3.63) is 41.2 Å². The summed E-state index contributed by atoms with van der Waals surface area (Å²) >= 11 is 0.668. The molecular weight excluding hydrogens is 411 g/mol. The van der Waals surface area contributed by atoms with Crippen LogP contribution in [0.3, 0.4) is 0 Å². The number of hydrogen-bond donors (Lipinski definition) is 2. The number of halogens is 1. The number of aromatic nitrogens is 1. The van der Waals surface area contributed by atoms with Crippen LogP contribution in [0.2, 0.25) is 0 Å². The van der Waals surface area contributed by atoms with Crippen molar-refractivity contribution in [2.45, 2.75) is 17.4 Å². The molecule has 12 heteroatoms. The van der Waals surface area contributed by atoms with Crippen LogP contribution in [0, 0.1) is 5.13 Å². The van der Waals surface area contributed by atoms with E-state index in [0.29, 0.717) is 36.5 Å². The van der Waals surface area contributed by atoms with Gasteiger partial charge in [0.15, 0.2) is 22.1 Å². The summed E-state index contributed by atoms with van der Waals surface area (Å²) in [5.41, 5.74) is 0.222. The Balaban J connectivity index is 1.86. The average molecular weight is 428 g/mol. The normalized spacial score (nSPS) is 17.5. The lowest BCUT2D eigenvalue weighted by atomic mass is 10.1. The highest BCUT2D eigenvalue weighted by atomic mass is 32.2. The summed E-state index contributed by atoms with van der Waals surface area (Å²) in [6.07, 6.45) is 1.33. The van der Waals surface area contributed by atoms with Gasteiger partial charge in [0.25, 0.3) is 5.91 Å². The zero-order valence-electron chi connectivity index (χ0n) is 14.7. The average Bonchev–Trinajstić information content (AvgIpc) is 3.34. The lowest BCUT2D eigenvalue weighted by Crippen LogP contribution is -2.25. The molecule has 0 aliphatic carbocycles. The molecule has 1 aliphatic rings. The minimum Gasteiger partial charge on any atom is -0.389 e. The van der Waals surface area contributed by atoms with Gasteiger partial charge in [0, 0.05) is 12.0 Å². The maximum atomic E-state index is 13.1. The van der Waals surface area contributed by atoms with Gasteiger partial charge in [-0.3, -0.25) is 10.1 Å². The lowest BCUT2D eigenvalue weighted by Gasteiger charge is -2.10. The fourth-order valence-electron chi connectivity index (χ4n) is 2.33. The summed E-state index contributed by atoms with van der Waals surface area (Å²) in [6.45, 7) is 0.895. The molecule has 1 aromatic carbocycles. The number of oxime groups is 1. The third-order valence-corrected chi connectivity index (χ3v) is 5.93. The number of hydrogen-bond acceptors (Lipinski definition) is 8. The highest BCUT2D eigenvalue weighted by molar-refractivity contribution is 7.89. The fourth-order valence-corrected chi connectivity index (χ4v) is 3.60. The number of carbonyl (C=O) groups excluding carboxylic acids is 1. The molecule has 0 saturated carbocycles. The van der Waals surface area contributed by atoms with Crippen LogP contribution in [-0.2, 0) is 24.4 Å². The molecule has 1 amide bonds. The lowest BCUT2D eigenvalue weighted by molar-refractivity contribution is -0.110. The van der Waals surface area contributed by atoms with E-state index in [-0.39, 0.29) is 21.8 Å². The van der Waals surface area contributed by atoms with Crippen LogP contribution in [0.5, 0.6) is 0 Å². The van der Waals surface area contributed by atoms with Crippen LogP contribution in [0.4, 0.5) is 9.52 Å². The Morgan fingerprint density at radius 3 is 2.71 bits per heavy atom. The van der Waals surface area contributed by atoms with E-state index >= 15 is 0 Å². The molecule has 1 aliphatic heterocycles. The van der Waals surface area contributed by atoms with Crippen molar-refractivity contribution in [3.63, 3.8) is 0 Å². The third kappa shape index (κ3) is 4.90.